The predicted molar refractivity (Wildman–Crippen MR) is 91.1 cm³/mol. The van der Waals surface area contributed by atoms with Crippen molar-refractivity contribution in [1.29, 1.82) is 0 Å². The van der Waals surface area contributed by atoms with Crippen molar-refractivity contribution in [3.05, 3.63) is 52.1 Å². The second-order valence-corrected chi connectivity index (χ2v) is 5.84. The fraction of sp³-hybridized carbons (Fsp3) is 0.235. The van der Waals surface area contributed by atoms with Crippen LogP contribution >= 0.6 is 15.9 Å². The summed E-state index contributed by atoms with van der Waals surface area (Å²) < 4.78 is 5.50. The van der Waals surface area contributed by atoms with Crippen LogP contribution in [0.5, 0.6) is 0 Å². The molecule has 23 heavy (non-hydrogen) atoms. The van der Waals surface area contributed by atoms with Crippen LogP contribution < -0.4 is 5.32 Å². The van der Waals surface area contributed by atoms with Crippen LogP contribution in [-0.4, -0.2) is 30.5 Å². The minimum atomic E-state index is -0.356. The van der Waals surface area contributed by atoms with Crippen LogP contribution in [0.2, 0.25) is 0 Å². The van der Waals surface area contributed by atoms with E-state index in [-0.39, 0.29) is 24.8 Å². The fourth-order valence-corrected chi connectivity index (χ4v) is 2.48. The number of nitrogens with one attached hydrogen (secondary N) is 1. The van der Waals surface area contributed by atoms with Crippen LogP contribution in [0.15, 0.2) is 40.9 Å². The summed E-state index contributed by atoms with van der Waals surface area (Å²) in [6, 6.07) is 11.4. The largest absolute Gasteiger partial charge is 0.469 e. The van der Waals surface area contributed by atoms with E-state index in [0.29, 0.717) is 11.3 Å². The quantitative estimate of drug-likeness (QED) is 0.813. The van der Waals surface area contributed by atoms with Gasteiger partial charge in [0.25, 0.3) is 5.91 Å². The molecule has 1 aromatic heterocycles. The summed E-state index contributed by atoms with van der Waals surface area (Å²) >= 11 is 3.43. The van der Waals surface area contributed by atoms with Gasteiger partial charge in [0, 0.05) is 16.6 Å². The Morgan fingerprint density at radius 1 is 1.26 bits per heavy atom. The van der Waals surface area contributed by atoms with E-state index >= 15 is 0 Å². The number of nitrogens with zero attached hydrogens (tertiary/aromatic N) is 1. The van der Waals surface area contributed by atoms with E-state index in [4.69, 9.17) is 0 Å². The van der Waals surface area contributed by atoms with E-state index in [1.54, 1.807) is 13.0 Å². The monoisotopic (exact) mass is 376 g/mol. The molecule has 120 valence electrons. The number of benzene rings is 1. The summed E-state index contributed by atoms with van der Waals surface area (Å²) in [5.41, 5.74) is 2.90. The third-order valence-electron chi connectivity index (χ3n) is 3.29. The lowest BCUT2D eigenvalue weighted by molar-refractivity contribution is -0.140. The Labute approximate surface area is 143 Å². The van der Waals surface area contributed by atoms with Crippen molar-refractivity contribution in [2.24, 2.45) is 0 Å². The molecule has 0 aliphatic carbocycles. The molecule has 0 aliphatic rings. The van der Waals surface area contributed by atoms with Crippen molar-refractivity contribution >= 4 is 27.8 Å². The molecule has 1 N–H and O–H groups in total. The van der Waals surface area contributed by atoms with Gasteiger partial charge in [-0.15, -0.1) is 0 Å². The minimum Gasteiger partial charge on any atom is -0.469 e. The summed E-state index contributed by atoms with van der Waals surface area (Å²) in [5, 5.41) is 2.69. The molecule has 0 aliphatic heterocycles. The molecule has 0 bridgehead atoms. The Hall–Kier alpha value is -2.21. The SMILES string of the molecule is COC(=O)CCNC(=O)c1ccc(-c2cccc(Br)c2)nc1C. The van der Waals surface area contributed by atoms with Crippen molar-refractivity contribution < 1.29 is 14.3 Å². The summed E-state index contributed by atoms with van der Waals surface area (Å²) in [5.74, 6) is -0.607. The lowest BCUT2D eigenvalue weighted by Crippen LogP contribution is -2.27. The molecule has 2 aromatic rings. The number of rotatable bonds is 5. The van der Waals surface area contributed by atoms with Crippen molar-refractivity contribution in [2.75, 3.05) is 13.7 Å². The number of halogens is 1. The molecule has 6 heteroatoms. The van der Waals surface area contributed by atoms with Crippen molar-refractivity contribution in [1.82, 2.24) is 10.3 Å². The first-order valence-corrected chi connectivity index (χ1v) is 7.89. The van der Waals surface area contributed by atoms with Gasteiger partial charge in [0.15, 0.2) is 0 Å². The molecule has 0 atom stereocenters. The molecule has 0 radical (unpaired) electrons. The molecule has 1 heterocycles. The minimum absolute atomic E-state index is 0.144. The van der Waals surface area contributed by atoms with E-state index < -0.39 is 0 Å². The van der Waals surface area contributed by atoms with Crippen LogP contribution in [0.3, 0.4) is 0 Å². The van der Waals surface area contributed by atoms with Gasteiger partial charge >= 0.3 is 5.97 Å². The number of carbonyl (C=O) groups is 2. The highest BCUT2D eigenvalue weighted by Gasteiger charge is 2.12. The zero-order valence-electron chi connectivity index (χ0n) is 12.9. The van der Waals surface area contributed by atoms with Gasteiger partial charge in [0.1, 0.15) is 0 Å². The third-order valence-corrected chi connectivity index (χ3v) is 3.79. The van der Waals surface area contributed by atoms with Crippen LogP contribution in [0.25, 0.3) is 11.3 Å². The normalized spacial score (nSPS) is 10.2. The maximum Gasteiger partial charge on any atom is 0.307 e. The molecule has 2 rings (SSSR count). The first kappa shape index (κ1) is 17.1. The maximum atomic E-state index is 12.1. The highest BCUT2D eigenvalue weighted by Crippen LogP contribution is 2.22. The second-order valence-electron chi connectivity index (χ2n) is 4.92. The lowest BCUT2D eigenvalue weighted by Gasteiger charge is -2.09. The Bertz CT molecular complexity index is 732. The number of esters is 1. The third kappa shape index (κ3) is 4.63. The second kappa shape index (κ2) is 7.87. The van der Waals surface area contributed by atoms with Gasteiger partial charge < -0.3 is 10.1 Å². The molecule has 0 saturated carbocycles. The molecule has 1 aromatic carbocycles. The molecule has 5 nitrogen and oxygen atoms in total. The number of pyridine rings is 1. The summed E-state index contributed by atoms with van der Waals surface area (Å²) in [6.07, 6.45) is 0.144. The van der Waals surface area contributed by atoms with Gasteiger partial charge in [0.05, 0.1) is 30.5 Å². The number of ether oxygens (including phenoxy) is 1. The Kier molecular flexibility index (Phi) is 5.87. The van der Waals surface area contributed by atoms with E-state index in [1.165, 1.54) is 7.11 Å². The molecule has 0 spiro atoms. The van der Waals surface area contributed by atoms with Crippen LogP contribution in [0.1, 0.15) is 22.5 Å². The number of methoxy groups -OCH3 is 1. The Balaban J connectivity index is 2.10. The number of hydrogen-bond donors (Lipinski definition) is 1. The average Bonchev–Trinajstić information content (AvgIpc) is 2.54. The van der Waals surface area contributed by atoms with E-state index in [1.807, 2.05) is 30.3 Å². The fourth-order valence-electron chi connectivity index (χ4n) is 2.08. The van der Waals surface area contributed by atoms with Crippen LogP contribution in [0, 0.1) is 6.92 Å². The highest BCUT2D eigenvalue weighted by atomic mass is 79.9. The molecule has 0 fully saturated rings. The smallest absolute Gasteiger partial charge is 0.307 e. The summed E-state index contributed by atoms with van der Waals surface area (Å²) in [4.78, 5) is 27.7. The van der Waals surface area contributed by atoms with E-state index in [0.717, 1.165) is 15.7 Å². The Morgan fingerprint density at radius 3 is 2.70 bits per heavy atom. The molecular weight excluding hydrogens is 360 g/mol. The zero-order valence-corrected chi connectivity index (χ0v) is 14.5. The molecule has 0 saturated heterocycles. The van der Waals surface area contributed by atoms with Gasteiger partial charge in [-0.25, -0.2) is 0 Å². The Morgan fingerprint density at radius 2 is 2.04 bits per heavy atom. The zero-order chi connectivity index (χ0) is 16.8. The molecular formula is C17H17BrN2O3. The topological polar surface area (TPSA) is 68.3 Å². The van der Waals surface area contributed by atoms with Crippen molar-refractivity contribution in [2.45, 2.75) is 13.3 Å². The van der Waals surface area contributed by atoms with Crippen LogP contribution in [0.4, 0.5) is 0 Å². The van der Waals surface area contributed by atoms with E-state index in [9.17, 15) is 9.59 Å². The average molecular weight is 377 g/mol. The number of carbonyl (C=O) groups excluding carboxylic acids is 2. The van der Waals surface area contributed by atoms with Crippen molar-refractivity contribution in [3.8, 4) is 11.3 Å². The number of aryl methyl sites for hydroxylation is 1. The molecule has 0 unspecified atom stereocenters. The summed E-state index contributed by atoms with van der Waals surface area (Å²) in [7, 11) is 1.32. The number of aromatic nitrogens is 1. The van der Waals surface area contributed by atoms with Gasteiger partial charge in [-0.2, -0.15) is 0 Å². The first-order chi connectivity index (χ1) is 11.0. The van der Waals surface area contributed by atoms with Gasteiger partial charge in [0.2, 0.25) is 0 Å². The lowest BCUT2D eigenvalue weighted by atomic mass is 10.1. The standard InChI is InChI=1S/C17H17BrN2O3/c1-11-14(17(22)19-9-8-16(21)23-2)6-7-15(20-11)12-4-3-5-13(18)10-12/h3-7,10H,8-9H2,1-2H3,(H,19,22). The van der Waals surface area contributed by atoms with Gasteiger partial charge in [-0.1, -0.05) is 28.1 Å². The van der Waals surface area contributed by atoms with E-state index in [2.05, 4.69) is 31.0 Å². The van der Waals surface area contributed by atoms with Gasteiger partial charge in [-0.05, 0) is 31.2 Å². The maximum absolute atomic E-state index is 12.1. The van der Waals surface area contributed by atoms with Crippen molar-refractivity contribution in [3.63, 3.8) is 0 Å². The first-order valence-electron chi connectivity index (χ1n) is 7.10. The predicted octanol–water partition coefficient (Wildman–Crippen LogP) is 3.11. The number of amides is 1. The summed E-state index contributed by atoms with van der Waals surface area (Å²) in [6.45, 7) is 2.02. The number of hydrogen-bond acceptors (Lipinski definition) is 4. The van der Waals surface area contributed by atoms with Crippen LogP contribution in [-0.2, 0) is 9.53 Å². The highest BCUT2D eigenvalue weighted by molar-refractivity contribution is 9.10. The molecule has 1 amide bonds. The van der Waals surface area contributed by atoms with Gasteiger partial charge in [-0.3, -0.25) is 14.6 Å².